The summed E-state index contributed by atoms with van der Waals surface area (Å²) in [6.45, 7) is 37.8. The number of methoxy groups -OCH3 is 3. The van der Waals surface area contributed by atoms with E-state index in [1.165, 1.54) is 97.4 Å². The summed E-state index contributed by atoms with van der Waals surface area (Å²) in [5.74, 6) is 4.19. The summed E-state index contributed by atoms with van der Waals surface area (Å²) in [5.41, 5.74) is 12.0. The smallest absolute Gasteiger partial charge is 0.259 e. The Hall–Kier alpha value is -11.2. The van der Waals surface area contributed by atoms with Crippen LogP contribution in [0.15, 0.2) is 206 Å². The molecule has 0 radical (unpaired) electrons. The molecule has 25 heteroatoms. The quantitative estimate of drug-likeness (QED) is 0.0178. The maximum Gasteiger partial charge on any atom is 0.259 e. The molecule has 0 saturated heterocycles. The average molecular weight is 1770 g/mol. The van der Waals surface area contributed by atoms with Crippen molar-refractivity contribution in [2.45, 2.75) is 169 Å². The Morgan fingerprint density at radius 2 is 0.706 bits per heavy atom. The van der Waals surface area contributed by atoms with Gasteiger partial charge in [0.1, 0.15) is 87.5 Å². The van der Waals surface area contributed by atoms with Gasteiger partial charge >= 0.3 is 120 Å². The van der Waals surface area contributed by atoms with E-state index in [2.05, 4.69) is 60.8 Å². The third kappa shape index (κ3) is 27.4. The number of carbonyl (C=O) groups excluding carboxylic acids is 1. The number of carbonyl (C=O) groups is 1. The van der Waals surface area contributed by atoms with Crippen molar-refractivity contribution in [1.82, 2.24) is 38.2 Å². The zero-order valence-electron chi connectivity index (χ0n) is 71.6. The van der Waals surface area contributed by atoms with Gasteiger partial charge in [-0.15, -0.1) is 0 Å². The van der Waals surface area contributed by atoms with E-state index in [4.69, 9.17) is 61.1 Å². The molecule has 11 aromatic rings. The van der Waals surface area contributed by atoms with Gasteiger partial charge in [-0.25, -0.2) is 9.97 Å². The van der Waals surface area contributed by atoms with Crippen LogP contribution < -0.4 is 50.7 Å². The number of aryl methyl sites for hydroxylation is 8. The molecule has 0 amide bonds. The van der Waals surface area contributed by atoms with Gasteiger partial charge in [-0.1, -0.05) is 66.2 Å². The van der Waals surface area contributed by atoms with Crippen LogP contribution in [-0.4, -0.2) is 102 Å². The molecule has 0 atom stereocenters. The number of hydrogen-bond donors (Lipinski definition) is 1. The summed E-state index contributed by atoms with van der Waals surface area (Å²) in [4.78, 5) is 78.2. The van der Waals surface area contributed by atoms with Crippen molar-refractivity contribution < 1.29 is 47.8 Å². The molecule has 8 aromatic heterocycles. The molecule has 0 bridgehead atoms. The molecule has 0 spiro atoms. The van der Waals surface area contributed by atoms with Crippen LogP contribution in [0.3, 0.4) is 0 Å². The van der Waals surface area contributed by atoms with Crippen molar-refractivity contribution in [3.63, 3.8) is 0 Å². The molecule has 1 N–H and O–H groups in total. The Kier molecular flexibility index (Phi) is 37.3. The second-order valence-electron chi connectivity index (χ2n) is 28.6. The number of halogens is 2. The third-order valence-corrected chi connectivity index (χ3v) is 35.0. The molecule has 0 aliphatic heterocycles. The predicted octanol–water partition coefficient (Wildman–Crippen LogP) is 20.3. The molecule has 22 nitrogen and oxygen atoms in total. The summed E-state index contributed by atoms with van der Waals surface area (Å²) in [6, 6.07) is 42.1. The fraction of sp³-hybridized carbons (Fsp3) is 0.330. The number of ketones is 1. The predicted molar refractivity (Wildman–Crippen MR) is 477 cm³/mol. The molecule has 0 saturated carbocycles. The number of unbranched alkanes of at least 4 members (excludes halogenated alkanes) is 3. The average Bonchev–Trinajstić information content (AvgIpc) is 0.795. The number of ether oxygens (including phenoxy) is 8. The maximum absolute atomic E-state index is 12.9. The van der Waals surface area contributed by atoms with Gasteiger partial charge in [0.25, 0.3) is 22.2 Å². The van der Waals surface area contributed by atoms with Crippen LogP contribution in [0.25, 0.3) is 28.5 Å². The van der Waals surface area contributed by atoms with Crippen LogP contribution in [0, 0.1) is 55.4 Å². The van der Waals surface area contributed by atoms with E-state index < -0.39 is 18.4 Å². The van der Waals surface area contributed by atoms with E-state index in [9.17, 15) is 29.1 Å². The molecule has 0 unspecified atom stereocenters. The zero-order chi connectivity index (χ0) is 87.0. The van der Waals surface area contributed by atoms with Gasteiger partial charge < -0.3 is 38.3 Å². The molecule has 8 heterocycles. The van der Waals surface area contributed by atoms with Crippen molar-refractivity contribution in [3.8, 4) is 63.0 Å². The van der Waals surface area contributed by atoms with E-state index in [1.54, 1.807) is 91.0 Å². The Morgan fingerprint density at radius 1 is 0.403 bits per heavy atom. The number of pyridine rings is 8. The molecule has 0 aliphatic carbocycles. The molecule has 3 aromatic carbocycles. The standard InChI is InChI=1S/C24H26N2O4.C22H22N2O4.C20H19ClN2O3.C12H11ClN2O2.C4H7O.3C4H9.Sn/c1-6-29-18(4)22-13-23(16(2)14-25-22)26-17(3)11-21(12-24(26)27)30-15-19-7-9-20(28-5)10-8-19;1-14-12-23-20(16(3)25)11-21(14)24-15(2)9-19(10-22(24)26)28-13-17-5-7-18(27-4)8-6-17;1-13-11-22-19(21)10-18(13)23-14(2)8-17(9-20(23)24)26-12-15-4-6-16(25-3)7-5-15;1-7-6-14-11(13)5-10(7)15-8(2)3-9(16)4-12(15)17;1-3-5-4-2;3*1-3-4-2;/h7-14H,4,6,15H2,1-3,5H3;5-12H,13H2,1-4H3;4-11H,12H2,1-3H3;3-6,16H,1-2H3;1,4H2,2H3;3*1,3-4H2,2H3;. The van der Waals surface area contributed by atoms with Crippen molar-refractivity contribution in [1.29, 1.82) is 0 Å². The second kappa shape index (κ2) is 46.8. The monoisotopic (exact) mass is 1770 g/mol. The van der Waals surface area contributed by atoms with Gasteiger partial charge in [-0.2, -0.15) is 0 Å². The number of benzene rings is 3. The minimum Gasteiger partial charge on any atom is -0.508 e. The van der Waals surface area contributed by atoms with E-state index in [-0.39, 0.29) is 33.8 Å². The number of hydrogen-bond acceptors (Lipinski definition) is 18. The van der Waals surface area contributed by atoms with Gasteiger partial charge in [0.15, 0.2) is 5.78 Å². The summed E-state index contributed by atoms with van der Waals surface area (Å²) < 4.78 is 56.1. The first-order chi connectivity index (χ1) is 56.9. The fourth-order valence-corrected chi connectivity index (χ4v) is 28.0. The molecular formula is C94H112Cl2N8O14Sn. The van der Waals surface area contributed by atoms with E-state index >= 15 is 0 Å². The van der Waals surface area contributed by atoms with Gasteiger partial charge in [-0.3, -0.25) is 52.2 Å². The van der Waals surface area contributed by atoms with Crippen LogP contribution in [0.2, 0.25) is 23.6 Å². The second-order valence-corrected chi connectivity index (χ2v) is 42.6. The number of nitrogens with zero attached hydrogens (tertiary/aromatic N) is 8. The van der Waals surface area contributed by atoms with E-state index in [0.29, 0.717) is 99.6 Å². The van der Waals surface area contributed by atoms with Crippen LogP contribution >= 0.6 is 23.2 Å². The van der Waals surface area contributed by atoms with Crippen LogP contribution in [0.5, 0.6) is 40.2 Å². The topological polar surface area (TPSA) is 251 Å². The number of rotatable bonds is 32. The summed E-state index contributed by atoms with van der Waals surface area (Å²) >= 11 is 9.57. The van der Waals surface area contributed by atoms with Gasteiger partial charge in [0.2, 0.25) is 0 Å². The molecule has 11 rings (SSSR count). The Labute approximate surface area is 712 Å². The van der Waals surface area contributed by atoms with Crippen molar-refractivity contribution in [3.05, 3.63) is 312 Å². The molecule has 630 valence electrons. The Balaban J connectivity index is 0.000000209. The largest absolute Gasteiger partial charge is 0.508 e. The Bertz CT molecular complexity index is 5470. The van der Waals surface area contributed by atoms with Crippen molar-refractivity contribution >= 4 is 53.1 Å². The minimum atomic E-state index is -2.24. The molecule has 0 fully saturated rings. The molecular weight excluding hydrogens is 1650 g/mol. The first-order valence-corrected chi connectivity index (χ1v) is 47.9. The summed E-state index contributed by atoms with van der Waals surface area (Å²) in [5, 5.41) is 10.0. The van der Waals surface area contributed by atoms with Gasteiger partial charge in [0.05, 0.1) is 50.7 Å². The van der Waals surface area contributed by atoms with Crippen LogP contribution in [-0.2, 0) is 29.3 Å². The zero-order valence-corrected chi connectivity index (χ0v) is 75.9. The molecule has 0 aliphatic rings. The fourth-order valence-electron chi connectivity index (χ4n) is 13.1. The third-order valence-electron chi connectivity index (χ3n) is 19.6. The minimum absolute atomic E-state index is 0.0402. The van der Waals surface area contributed by atoms with Crippen molar-refractivity contribution in [2.75, 3.05) is 34.5 Å². The van der Waals surface area contributed by atoms with Gasteiger partial charge in [0, 0.05) is 97.0 Å². The van der Waals surface area contributed by atoms with Gasteiger partial charge in [-0.05, 0) is 168 Å². The summed E-state index contributed by atoms with van der Waals surface area (Å²) in [6.07, 6.45) is 14.7. The first-order valence-electron chi connectivity index (χ1n) is 39.7. The van der Waals surface area contributed by atoms with Crippen LogP contribution in [0.4, 0.5) is 0 Å². The molecule has 119 heavy (non-hydrogen) atoms. The summed E-state index contributed by atoms with van der Waals surface area (Å²) in [7, 11) is 4.87. The maximum atomic E-state index is 12.9. The Morgan fingerprint density at radius 3 is 1.01 bits per heavy atom. The number of aromatic nitrogens is 8. The normalized spacial score (nSPS) is 10.7. The van der Waals surface area contributed by atoms with Crippen molar-refractivity contribution in [2.24, 2.45) is 0 Å². The van der Waals surface area contributed by atoms with E-state index in [0.717, 1.165) is 79.9 Å². The number of Topliss-reactive ketones (excluding diaryl/α,β-unsaturated/α-hetero) is 1. The SMILES string of the molecule is C=C(OCC)c1cc(-n2c(C)cc(OCc3ccc(OC)cc3)cc2=O)c(C)cn1.C=[C](OCC)[Sn]([CH2]CCC)([CH2]CCC)[CH2]CCC.COc1ccc(COc2cc(C)n(-c3cc(C(C)=O)ncc3C)c(=O)c2)cc1.COc1ccc(COc2cc(C)n(-c3cc(Cl)ncc3C)c(=O)c2)cc1.Cc1cnc(Cl)cc1-n1c(C)cc(O)cc1=O. The first kappa shape index (κ1) is 94.9. The number of aromatic hydroxyl groups is 1. The van der Waals surface area contributed by atoms with E-state index in [1.807, 2.05) is 146 Å². The van der Waals surface area contributed by atoms with Crippen LogP contribution in [0.1, 0.15) is 158 Å².